The van der Waals surface area contributed by atoms with E-state index in [1.54, 1.807) is 23.1 Å². The fraction of sp³-hybridized carbons (Fsp3) is 0.429. The van der Waals surface area contributed by atoms with E-state index in [4.69, 9.17) is 9.15 Å². The predicted octanol–water partition coefficient (Wildman–Crippen LogP) is 4.71. The Kier molecular flexibility index (Phi) is 5.72. The van der Waals surface area contributed by atoms with Gasteiger partial charge < -0.3 is 19.4 Å². The van der Waals surface area contributed by atoms with Crippen molar-refractivity contribution in [2.45, 2.75) is 45.3 Å². The normalized spacial score (nSPS) is 15.4. The number of nitrogens with one attached hydrogen (secondary N) is 1. The van der Waals surface area contributed by atoms with Gasteiger partial charge in [-0.15, -0.1) is 0 Å². The van der Waals surface area contributed by atoms with Gasteiger partial charge in [-0.25, -0.2) is 9.18 Å². The van der Waals surface area contributed by atoms with Gasteiger partial charge in [0.1, 0.15) is 17.2 Å². The van der Waals surface area contributed by atoms with E-state index >= 15 is 0 Å². The van der Waals surface area contributed by atoms with Crippen molar-refractivity contribution in [3.05, 3.63) is 41.9 Å². The van der Waals surface area contributed by atoms with Crippen LogP contribution in [0.4, 0.5) is 14.9 Å². The van der Waals surface area contributed by atoms with Crippen molar-refractivity contribution in [1.29, 1.82) is 0 Å². The monoisotopic (exact) mass is 388 g/mol. The summed E-state index contributed by atoms with van der Waals surface area (Å²) in [5.74, 6) is 0.0201. The molecule has 1 aliphatic heterocycles. The molecule has 0 spiro atoms. The lowest BCUT2D eigenvalue weighted by atomic mass is 10.0. The second-order valence-electron chi connectivity index (χ2n) is 7.87. The summed E-state index contributed by atoms with van der Waals surface area (Å²) in [4.78, 5) is 24.7. The minimum Gasteiger partial charge on any atom is -0.453 e. The van der Waals surface area contributed by atoms with Crippen LogP contribution < -0.4 is 5.32 Å². The molecule has 150 valence electrons. The number of amides is 1. The van der Waals surface area contributed by atoms with Crippen molar-refractivity contribution in [3.63, 3.8) is 0 Å². The molecule has 0 unspecified atom stereocenters. The third-order valence-electron chi connectivity index (χ3n) is 4.51. The summed E-state index contributed by atoms with van der Waals surface area (Å²) in [5.41, 5.74) is 0.374. The summed E-state index contributed by atoms with van der Waals surface area (Å²) in [5, 5.41) is 3.36. The minimum absolute atomic E-state index is 0.0831. The van der Waals surface area contributed by atoms with Gasteiger partial charge in [-0.05, 0) is 57.9 Å². The van der Waals surface area contributed by atoms with E-state index in [2.05, 4.69) is 5.32 Å². The van der Waals surface area contributed by atoms with Crippen molar-refractivity contribution >= 4 is 18.1 Å². The molecular weight excluding hydrogens is 363 g/mol. The molecule has 3 rings (SSSR count). The van der Waals surface area contributed by atoms with Crippen molar-refractivity contribution in [2.24, 2.45) is 0 Å². The predicted molar refractivity (Wildman–Crippen MR) is 104 cm³/mol. The van der Waals surface area contributed by atoms with Gasteiger partial charge in [-0.3, -0.25) is 4.79 Å². The lowest BCUT2D eigenvalue weighted by Crippen LogP contribution is -2.44. The highest BCUT2D eigenvalue weighted by atomic mass is 19.1. The molecule has 0 bridgehead atoms. The molecule has 0 aliphatic carbocycles. The average molecular weight is 388 g/mol. The maximum absolute atomic E-state index is 14.5. The van der Waals surface area contributed by atoms with E-state index in [1.165, 1.54) is 12.1 Å². The Labute approximate surface area is 163 Å². The van der Waals surface area contributed by atoms with Crippen LogP contribution in [0.3, 0.4) is 0 Å². The van der Waals surface area contributed by atoms with Crippen LogP contribution in [0.2, 0.25) is 0 Å². The zero-order chi connectivity index (χ0) is 20.3. The number of rotatable bonds is 4. The van der Waals surface area contributed by atoms with E-state index < -0.39 is 11.4 Å². The minimum atomic E-state index is -0.522. The first-order chi connectivity index (χ1) is 13.3. The molecule has 1 N–H and O–H groups in total. The second kappa shape index (κ2) is 8.04. The summed E-state index contributed by atoms with van der Waals surface area (Å²) >= 11 is 0. The Hall–Kier alpha value is -2.83. The van der Waals surface area contributed by atoms with Crippen molar-refractivity contribution < 1.29 is 23.1 Å². The third kappa shape index (κ3) is 4.71. The molecule has 28 heavy (non-hydrogen) atoms. The number of benzene rings is 1. The van der Waals surface area contributed by atoms with Crippen molar-refractivity contribution in [2.75, 3.05) is 18.4 Å². The van der Waals surface area contributed by atoms with Crippen LogP contribution in [-0.2, 0) is 4.74 Å². The van der Waals surface area contributed by atoms with E-state index in [1.807, 2.05) is 20.8 Å². The molecule has 6 nitrogen and oxygen atoms in total. The quantitative estimate of drug-likeness (QED) is 0.768. The molecule has 1 aliphatic rings. The molecule has 2 aromatic rings. The summed E-state index contributed by atoms with van der Waals surface area (Å²) in [6, 6.07) is 7.94. The van der Waals surface area contributed by atoms with Crippen LogP contribution in [0.1, 0.15) is 44.2 Å². The zero-order valence-electron chi connectivity index (χ0n) is 16.3. The molecule has 1 fully saturated rings. The molecule has 1 saturated heterocycles. The third-order valence-corrected chi connectivity index (χ3v) is 4.51. The average Bonchev–Trinajstić information content (AvgIpc) is 3.09. The fourth-order valence-corrected chi connectivity index (χ4v) is 3.20. The molecule has 2 heterocycles. The maximum atomic E-state index is 14.5. The zero-order valence-corrected chi connectivity index (χ0v) is 16.3. The van der Waals surface area contributed by atoms with Crippen LogP contribution in [0.25, 0.3) is 11.3 Å². The largest absolute Gasteiger partial charge is 0.453 e. The number of anilines is 1. The highest BCUT2D eigenvalue weighted by Crippen LogP contribution is 2.33. The summed E-state index contributed by atoms with van der Waals surface area (Å²) < 4.78 is 25.3. The maximum Gasteiger partial charge on any atom is 0.410 e. The summed E-state index contributed by atoms with van der Waals surface area (Å²) in [6.45, 7) is 6.65. The van der Waals surface area contributed by atoms with Crippen molar-refractivity contribution in [1.82, 2.24) is 4.90 Å². The van der Waals surface area contributed by atoms with Gasteiger partial charge in [0, 0.05) is 24.8 Å². The lowest BCUT2D eigenvalue weighted by molar-refractivity contribution is 0.0210. The molecule has 1 amide bonds. The number of ether oxygens (including phenoxy) is 1. The Morgan fingerprint density at radius 1 is 1.25 bits per heavy atom. The number of nitrogens with zero attached hydrogens (tertiary/aromatic N) is 1. The second-order valence-corrected chi connectivity index (χ2v) is 7.87. The smallest absolute Gasteiger partial charge is 0.410 e. The Bertz CT molecular complexity index is 848. The molecule has 0 radical (unpaired) electrons. The number of furan rings is 1. The van der Waals surface area contributed by atoms with E-state index in [0.717, 1.165) is 0 Å². The van der Waals surface area contributed by atoms with Gasteiger partial charge in [0.15, 0.2) is 12.0 Å². The van der Waals surface area contributed by atoms with Crippen LogP contribution in [0.5, 0.6) is 0 Å². The van der Waals surface area contributed by atoms with Crippen molar-refractivity contribution in [3.8, 4) is 11.3 Å². The van der Waals surface area contributed by atoms with Crippen LogP contribution in [-0.4, -0.2) is 42.0 Å². The van der Waals surface area contributed by atoms with E-state index in [9.17, 15) is 14.0 Å². The number of piperidine rings is 1. The molecule has 1 aromatic carbocycles. The molecule has 0 saturated carbocycles. The molecular formula is C21H25FN2O4. The van der Waals surface area contributed by atoms with E-state index in [0.29, 0.717) is 49.2 Å². The van der Waals surface area contributed by atoms with Gasteiger partial charge in [-0.1, -0.05) is 6.07 Å². The first kappa shape index (κ1) is 19.9. The summed E-state index contributed by atoms with van der Waals surface area (Å²) in [6.07, 6.45) is 1.71. The van der Waals surface area contributed by atoms with Gasteiger partial charge >= 0.3 is 6.09 Å². The molecule has 0 atom stereocenters. The number of likely N-dealkylation sites (tertiary alicyclic amines) is 1. The number of carbonyl (C=O) groups excluding carboxylic acids is 2. The highest BCUT2D eigenvalue weighted by molar-refractivity contribution is 5.78. The van der Waals surface area contributed by atoms with Gasteiger partial charge in [-0.2, -0.15) is 0 Å². The van der Waals surface area contributed by atoms with Gasteiger partial charge in [0.2, 0.25) is 0 Å². The SMILES string of the molecule is CC(C)(C)OC(=O)N1CCC(Nc2cccc(F)c2-c2ccc(C=O)o2)CC1. The number of hydrogen-bond donors (Lipinski definition) is 1. The van der Waals surface area contributed by atoms with E-state index in [-0.39, 0.29) is 17.9 Å². The van der Waals surface area contributed by atoms with Crippen LogP contribution in [0.15, 0.2) is 34.7 Å². The van der Waals surface area contributed by atoms with Crippen LogP contribution in [0, 0.1) is 5.82 Å². The van der Waals surface area contributed by atoms with Gasteiger partial charge in [0.25, 0.3) is 0 Å². The summed E-state index contributed by atoms with van der Waals surface area (Å²) in [7, 11) is 0. The number of aldehydes is 1. The standard InChI is InChI=1S/C21H25FN2O4/c1-21(2,3)28-20(26)24-11-9-14(10-12-24)23-17-6-4-5-16(22)19(17)18-8-7-15(13-25)27-18/h4-8,13-14,23H,9-12H2,1-3H3. The number of carbonyl (C=O) groups is 2. The topological polar surface area (TPSA) is 71.8 Å². The first-order valence-corrected chi connectivity index (χ1v) is 9.35. The highest BCUT2D eigenvalue weighted by Gasteiger charge is 2.27. The fourth-order valence-electron chi connectivity index (χ4n) is 3.20. The number of hydrogen-bond acceptors (Lipinski definition) is 5. The molecule has 1 aromatic heterocycles. The lowest BCUT2D eigenvalue weighted by Gasteiger charge is -2.34. The first-order valence-electron chi connectivity index (χ1n) is 9.35. The number of halogens is 1. The van der Waals surface area contributed by atoms with Crippen LogP contribution >= 0.6 is 0 Å². The van der Waals surface area contributed by atoms with Gasteiger partial charge in [0.05, 0.1) is 5.56 Å². The Morgan fingerprint density at radius 3 is 2.57 bits per heavy atom. The molecule has 7 heteroatoms. The Balaban J connectivity index is 1.68. The Morgan fingerprint density at radius 2 is 1.96 bits per heavy atom.